The van der Waals surface area contributed by atoms with Gasteiger partial charge in [0.05, 0.1) is 13.2 Å². The standard InChI is InChI=1S/C16H18N2O2S/c1-20-12-8-10(7-11(17)9-12)16(19)18-14-3-2-4-15-13(14)5-6-21-15/h5-9,14H,2-4,17H2,1H3,(H,18,19). The lowest BCUT2D eigenvalue weighted by molar-refractivity contribution is 0.0932. The molecule has 0 bridgehead atoms. The normalized spacial score (nSPS) is 17.1. The van der Waals surface area contributed by atoms with Crippen LogP contribution < -0.4 is 15.8 Å². The van der Waals surface area contributed by atoms with Gasteiger partial charge in [-0.2, -0.15) is 0 Å². The molecular weight excluding hydrogens is 284 g/mol. The number of ether oxygens (including phenoxy) is 1. The molecule has 0 aliphatic heterocycles. The Morgan fingerprint density at radius 3 is 3.10 bits per heavy atom. The van der Waals surface area contributed by atoms with Gasteiger partial charge < -0.3 is 15.8 Å². The quantitative estimate of drug-likeness (QED) is 0.856. The molecule has 0 saturated carbocycles. The summed E-state index contributed by atoms with van der Waals surface area (Å²) in [6.07, 6.45) is 3.21. The van der Waals surface area contributed by atoms with E-state index in [1.807, 2.05) is 0 Å². The van der Waals surface area contributed by atoms with Gasteiger partial charge in [-0.15, -0.1) is 11.3 Å². The fraction of sp³-hybridized carbons (Fsp3) is 0.312. The second-order valence-electron chi connectivity index (χ2n) is 5.21. The molecule has 5 heteroatoms. The molecule has 1 aromatic heterocycles. The number of fused-ring (bicyclic) bond motifs is 1. The minimum atomic E-state index is -0.107. The van der Waals surface area contributed by atoms with E-state index in [0.717, 1.165) is 19.3 Å². The van der Waals surface area contributed by atoms with Crippen molar-refractivity contribution in [3.8, 4) is 5.75 Å². The van der Waals surface area contributed by atoms with Crippen LogP contribution >= 0.6 is 11.3 Å². The Balaban J connectivity index is 1.80. The molecule has 0 saturated heterocycles. The monoisotopic (exact) mass is 302 g/mol. The number of nitrogens with one attached hydrogen (secondary N) is 1. The van der Waals surface area contributed by atoms with Crippen molar-refractivity contribution in [2.24, 2.45) is 0 Å². The Kier molecular flexibility index (Phi) is 3.84. The van der Waals surface area contributed by atoms with Crippen LogP contribution in [0.2, 0.25) is 0 Å². The Morgan fingerprint density at radius 1 is 1.43 bits per heavy atom. The molecule has 1 heterocycles. The number of aryl methyl sites for hydroxylation is 1. The third-order valence-electron chi connectivity index (χ3n) is 3.78. The number of amides is 1. The molecule has 3 N–H and O–H groups in total. The van der Waals surface area contributed by atoms with Crippen molar-refractivity contribution in [1.82, 2.24) is 5.32 Å². The summed E-state index contributed by atoms with van der Waals surface area (Å²) in [6.45, 7) is 0. The largest absolute Gasteiger partial charge is 0.497 e. The van der Waals surface area contributed by atoms with Gasteiger partial charge in [-0.05, 0) is 48.4 Å². The average Bonchev–Trinajstić information content (AvgIpc) is 2.96. The van der Waals surface area contributed by atoms with E-state index in [1.165, 1.54) is 10.4 Å². The lowest BCUT2D eigenvalue weighted by Crippen LogP contribution is -2.30. The Bertz CT molecular complexity index is 666. The summed E-state index contributed by atoms with van der Waals surface area (Å²) >= 11 is 1.77. The van der Waals surface area contributed by atoms with E-state index in [9.17, 15) is 4.79 Å². The molecule has 3 rings (SSSR count). The fourth-order valence-corrected chi connectivity index (χ4v) is 3.74. The van der Waals surface area contributed by atoms with Crippen molar-refractivity contribution in [2.75, 3.05) is 12.8 Å². The number of anilines is 1. The SMILES string of the molecule is COc1cc(N)cc(C(=O)NC2CCCc3sccc32)c1. The fourth-order valence-electron chi connectivity index (χ4n) is 2.75. The van der Waals surface area contributed by atoms with Crippen molar-refractivity contribution in [3.63, 3.8) is 0 Å². The molecule has 1 aromatic carbocycles. The van der Waals surface area contributed by atoms with Gasteiger partial charge in [0.2, 0.25) is 0 Å². The number of methoxy groups -OCH3 is 1. The Labute approximate surface area is 127 Å². The number of carbonyl (C=O) groups excluding carboxylic acids is 1. The zero-order valence-electron chi connectivity index (χ0n) is 11.9. The predicted octanol–water partition coefficient (Wildman–Crippen LogP) is 3.15. The summed E-state index contributed by atoms with van der Waals surface area (Å²) in [5.74, 6) is 0.490. The number of thiophene rings is 1. The smallest absolute Gasteiger partial charge is 0.251 e. The Hall–Kier alpha value is -2.01. The molecule has 0 spiro atoms. The van der Waals surface area contributed by atoms with Crippen LogP contribution in [0.4, 0.5) is 5.69 Å². The van der Waals surface area contributed by atoms with Gasteiger partial charge >= 0.3 is 0 Å². The van der Waals surface area contributed by atoms with E-state index < -0.39 is 0 Å². The highest BCUT2D eigenvalue weighted by atomic mass is 32.1. The van der Waals surface area contributed by atoms with E-state index in [4.69, 9.17) is 10.5 Å². The van der Waals surface area contributed by atoms with Crippen LogP contribution in [0.3, 0.4) is 0 Å². The maximum Gasteiger partial charge on any atom is 0.251 e. The molecule has 1 unspecified atom stereocenters. The molecule has 21 heavy (non-hydrogen) atoms. The van der Waals surface area contributed by atoms with Crippen LogP contribution in [-0.4, -0.2) is 13.0 Å². The van der Waals surface area contributed by atoms with Gasteiger partial charge in [0.1, 0.15) is 5.75 Å². The van der Waals surface area contributed by atoms with Crippen LogP contribution in [0, 0.1) is 0 Å². The average molecular weight is 302 g/mol. The van der Waals surface area contributed by atoms with Crippen LogP contribution in [0.1, 0.15) is 39.7 Å². The number of nitrogen functional groups attached to an aromatic ring is 1. The maximum atomic E-state index is 12.4. The summed E-state index contributed by atoms with van der Waals surface area (Å²) in [7, 11) is 1.56. The number of carbonyl (C=O) groups is 1. The number of hydrogen-bond donors (Lipinski definition) is 2. The second-order valence-corrected chi connectivity index (χ2v) is 6.21. The van der Waals surface area contributed by atoms with E-state index >= 15 is 0 Å². The summed E-state index contributed by atoms with van der Waals surface area (Å²) in [6, 6.07) is 7.30. The highest BCUT2D eigenvalue weighted by Crippen LogP contribution is 2.33. The highest BCUT2D eigenvalue weighted by molar-refractivity contribution is 7.10. The van der Waals surface area contributed by atoms with Gasteiger partial charge in [0.25, 0.3) is 5.91 Å². The van der Waals surface area contributed by atoms with E-state index in [-0.39, 0.29) is 11.9 Å². The Morgan fingerprint density at radius 2 is 2.29 bits per heavy atom. The van der Waals surface area contributed by atoms with Crippen LogP contribution in [0.15, 0.2) is 29.6 Å². The summed E-state index contributed by atoms with van der Waals surface area (Å²) in [5, 5.41) is 5.21. The van der Waals surface area contributed by atoms with E-state index in [2.05, 4.69) is 16.8 Å². The zero-order valence-corrected chi connectivity index (χ0v) is 12.7. The number of rotatable bonds is 3. The third-order valence-corrected chi connectivity index (χ3v) is 4.78. The number of benzene rings is 1. The molecule has 1 aliphatic carbocycles. The molecular formula is C16H18N2O2S. The van der Waals surface area contributed by atoms with Gasteiger partial charge in [-0.1, -0.05) is 0 Å². The molecule has 1 atom stereocenters. The predicted molar refractivity (Wildman–Crippen MR) is 84.9 cm³/mol. The van der Waals surface area contributed by atoms with Gasteiger partial charge in [0, 0.05) is 22.2 Å². The first-order chi connectivity index (χ1) is 10.2. The van der Waals surface area contributed by atoms with Crippen molar-refractivity contribution < 1.29 is 9.53 Å². The van der Waals surface area contributed by atoms with Crippen molar-refractivity contribution >= 4 is 22.9 Å². The highest BCUT2D eigenvalue weighted by Gasteiger charge is 2.23. The summed E-state index contributed by atoms with van der Waals surface area (Å²) in [4.78, 5) is 13.8. The maximum absolute atomic E-state index is 12.4. The minimum Gasteiger partial charge on any atom is -0.497 e. The molecule has 110 valence electrons. The number of nitrogens with two attached hydrogens (primary N) is 1. The second kappa shape index (κ2) is 5.77. The molecule has 1 amide bonds. The number of hydrogen-bond acceptors (Lipinski definition) is 4. The van der Waals surface area contributed by atoms with Gasteiger partial charge in [0.15, 0.2) is 0 Å². The minimum absolute atomic E-state index is 0.0972. The van der Waals surface area contributed by atoms with Gasteiger partial charge in [-0.3, -0.25) is 4.79 Å². The van der Waals surface area contributed by atoms with Crippen molar-refractivity contribution in [1.29, 1.82) is 0 Å². The first kappa shape index (κ1) is 13.9. The summed E-state index contributed by atoms with van der Waals surface area (Å²) in [5.41, 5.74) is 8.13. The van der Waals surface area contributed by atoms with Gasteiger partial charge in [-0.25, -0.2) is 0 Å². The van der Waals surface area contributed by atoms with Crippen LogP contribution in [0.5, 0.6) is 5.75 Å². The molecule has 0 radical (unpaired) electrons. The van der Waals surface area contributed by atoms with Crippen molar-refractivity contribution in [3.05, 3.63) is 45.6 Å². The first-order valence-electron chi connectivity index (χ1n) is 6.99. The molecule has 1 aliphatic rings. The van der Waals surface area contributed by atoms with Crippen LogP contribution in [-0.2, 0) is 6.42 Å². The van der Waals surface area contributed by atoms with E-state index in [1.54, 1.807) is 36.6 Å². The van der Waals surface area contributed by atoms with Crippen molar-refractivity contribution in [2.45, 2.75) is 25.3 Å². The zero-order chi connectivity index (χ0) is 14.8. The molecule has 0 fully saturated rings. The third kappa shape index (κ3) is 2.88. The lowest BCUT2D eigenvalue weighted by Gasteiger charge is -2.23. The molecule has 4 nitrogen and oxygen atoms in total. The van der Waals surface area contributed by atoms with E-state index in [0.29, 0.717) is 17.0 Å². The summed E-state index contributed by atoms with van der Waals surface area (Å²) < 4.78 is 5.16. The first-order valence-corrected chi connectivity index (χ1v) is 7.87. The van der Waals surface area contributed by atoms with Crippen LogP contribution in [0.25, 0.3) is 0 Å². The topological polar surface area (TPSA) is 64.3 Å². The lowest BCUT2D eigenvalue weighted by atomic mass is 9.94. The molecule has 2 aromatic rings.